The third-order valence-corrected chi connectivity index (χ3v) is 13.5. The molecule has 0 aliphatic carbocycles. The van der Waals surface area contributed by atoms with Crippen molar-refractivity contribution in [2.45, 2.75) is 110 Å². The SMILES string of the molecule is CCn1c(-c2cccnc2[C@H](C)OC)c2c3cc(ccc31)-c1csc(n1)C[C@H](NC(=O)[C@H](F)COC1CN(C(=O)C#CC(C)(C)N(C)C)C1)C(=O)N1CCCC(N1)C(=O)OCC(C)(C)C2. The number of hydrazine groups is 1. The first kappa shape index (κ1) is 47.7. The van der Waals surface area contributed by atoms with Gasteiger partial charge in [-0.05, 0) is 96.8 Å². The number of fused-ring (bicyclic) bond motifs is 6. The fourth-order valence-electron chi connectivity index (χ4n) is 8.23. The molecule has 1 unspecified atom stereocenters. The quantitative estimate of drug-likeness (QED) is 0.161. The smallest absolute Gasteiger partial charge is 0.324 e. The second-order valence-electron chi connectivity index (χ2n) is 18.6. The molecule has 65 heavy (non-hydrogen) atoms. The predicted octanol–water partition coefficient (Wildman–Crippen LogP) is 5.11. The maximum Gasteiger partial charge on any atom is 0.324 e. The van der Waals surface area contributed by atoms with Crippen LogP contribution in [0.2, 0.25) is 0 Å². The molecule has 6 bridgehead atoms. The van der Waals surface area contributed by atoms with Crippen molar-refractivity contribution in [2.24, 2.45) is 5.41 Å². The average molecular weight is 913 g/mol. The van der Waals surface area contributed by atoms with Crippen LogP contribution in [0.25, 0.3) is 33.4 Å². The Kier molecular flexibility index (Phi) is 14.5. The van der Waals surface area contributed by atoms with Gasteiger partial charge in [0.25, 0.3) is 17.7 Å². The zero-order chi connectivity index (χ0) is 46.8. The van der Waals surface area contributed by atoms with E-state index < -0.39 is 59.7 Å². The summed E-state index contributed by atoms with van der Waals surface area (Å²) in [5.41, 5.74) is 8.49. The number of carbonyl (C=O) groups is 4. The molecular weight excluding hydrogens is 852 g/mol. The highest BCUT2D eigenvalue weighted by Crippen LogP contribution is 2.42. The fourth-order valence-corrected chi connectivity index (χ4v) is 9.08. The monoisotopic (exact) mass is 912 g/mol. The van der Waals surface area contributed by atoms with Gasteiger partial charge in [-0.2, -0.15) is 0 Å². The van der Waals surface area contributed by atoms with Crippen molar-refractivity contribution in [1.82, 2.24) is 40.1 Å². The molecule has 3 aliphatic heterocycles. The largest absolute Gasteiger partial charge is 0.464 e. The Morgan fingerprint density at radius 2 is 1.97 bits per heavy atom. The van der Waals surface area contributed by atoms with Crippen molar-refractivity contribution < 1.29 is 37.8 Å². The summed E-state index contributed by atoms with van der Waals surface area (Å²) in [6.45, 7) is 13.0. The number of rotatable bonds is 10. The van der Waals surface area contributed by atoms with Gasteiger partial charge in [0.1, 0.15) is 12.1 Å². The van der Waals surface area contributed by atoms with E-state index in [2.05, 4.69) is 66.1 Å². The number of amides is 3. The topological polar surface area (TPSA) is 160 Å². The van der Waals surface area contributed by atoms with Crippen LogP contribution in [0, 0.1) is 17.3 Å². The number of aromatic nitrogens is 3. The average Bonchev–Trinajstić information content (AvgIpc) is 3.87. The third-order valence-electron chi connectivity index (χ3n) is 12.6. The van der Waals surface area contributed by atoms with Gasteiger partial charge < -0.3 is 29.0 Å². The van der Waals surface area contributed by atoms with Gasteiger partial charge in [0.15, 0.2) is 0 Å². The highest BCUT2D eigenvalue weighted by atomic mass is 32.1. The van der Waals surface area contributed by atoms with E-state index in [-0.39, 0.29) is 44.7 Å². The fraction of sp³-hybridized carbons (Fsp3) is 0.542. The van der Waals surface area contributed by atoms with Gasteiger partial charge in [-0.25, -0.2) is 14.8 Å². The molecule has 2 fully saturated rings. The van der Waals surface area contributed by atoms with Gasteiger partial charge in [-0.15, -0.1) is 11.3 Å². The van der Waals surface area contributed by atoms with Gasteiger partial charge in [0.05, 0.1) is 53.1 Å². The first-order chi connectivity index (χ1) is 30.9. The number of ether oxygens (including phenoxy) is 3. The first-order valence-electron chi connectivity index (χ1n) is 22.3. The number of halogens is 1. The van der Waals surface area contributed by atoms with E-state index >= 15 is 4.39 Å². The molecule has 15 nitrogen and oxygen atoms in total. The molecule has 348 valence electrons. The molecule has 17 heteroatoms. The van der Waals surface area contributed by atoms with Crippen molar-refractivity contribution >= 4 is 45.9 Å². The number of aryl methyl sites for hydroxylation is 1. The zero-order valence-electron chi connectivity index (χ0n) is 38.8. The minimum atomic E-state index is -2.10. The number of alkyl halides is 1. The van der Waals surface area contributed by atoms with Crippen molar-refractivity contribution in [1.29, 1.82) is 0 Å². The normalized spacial score (nSPS) is 20.4. The summed E-state index contributed by atoms with van der Waals surface area (Å²) in [6.07, 6.45) is 0.411. The molecule has 2 saturated heterocycles. The number of methoxy groups -OCH3 is 1. The molecule has 3 aromatic heterocycles. The number of nitrogens with zero attached hydrogens (tertiary/aromatic N) is 6. The van der Waals surface area contributed by atoms with E-state index in [1.165, 1.54) is 21.2 Å². The van der Waals surface area contributed by atoms with Crippen LogP contribution < -0.4 is 10.7 Å². The number of likely N-dealkylation sites (tertiary alicyclic amines) is 1. The second kappa shape index (κ2) is 19.7. The molecule has 3 amide bonds. The summed E-state index contributed by atoms with van der Waals surface area (Å²) < 4.78 is 35.4. The van der Waals surface area contributed by atoms with Crippen molar-refractivity contribution in [2.75, 3.05) is 54.1 Å². The number of benzene rings is 1. The summed E-state index contributed by atoms with van der Waals surface area (Å²) in [5, 5.41) is 7.45. The second-order valence-corrected chi connectivity index (χ2v) is 19.6. The molecule has 1 aromatic carbocycles. The van der Waals surface area contributed by atoms with E-state index in [0.29, 0.717) is 36.5 Å². The number of pyridine rings is 1. The minimum Gasteiger partial charge on any atom is -0.464 e. The maximum atomic E-state index is 15.6. The Balaban J connectivity index is 1.16. The molecule has 0 spiro atoms. The Morgan fingerprint density at radius 3 is 2.69 bits per heavy atom. The van der Waals surface area contributed by atoms with E-state index in [1.54, 1.807) is 13.3 Å². The van der Waals surface area contributed by atoms with Gasteiger partial charge in [-0.3, -0.25) is 34.1 Å². The molecule has 7 rings (SSSR count). The maximum absolute atomic E-state index is 15.6. The molecule has 0 saturated carbocycles. The molecule has 3 aliphatic rings. The highest BCUT2D eigenvalue weighted by molar-refractivity contribution is 7.10. The molecule has 4 atom stereocenters. The van der Waals surface area contributed by atoms with E-state index in [4.69, 9.17) is 24.2 Å². The summed E-state index contributed by atoms with van der Waals surface area (Å²) in [6, 6.07) is 8.23. The summed E-state index contributed by atoms with van der Waals surface area (Å²) in [7, 11) is 5.43. The molecule has 4 aromatic rings. The van der Waals surface area contributed by atoms with Gasteiger partial charge in [-0.1, -0.05) is 25.8 Å². The highest BCUT2D eigenvalue weighted by Gasteiger charge is 2.38. The molecule has 0 radical (unpaired) electrons. The number of hydrogen-bond donors (Lipinski definition) is 2. The lowest BCUT2D eigenvalue weighted by molar-refractivity contribution is -0.155. The lowest BCUT2D eigenvalue weighted by Gasteiger charge is -2.38. The van der Waals surface area contributed by atoms with Crippen LogP contribution in [0.4, 0.5) is 4.39 Å². The number of cyclic esters (lactones) is 1. The Bertz CT molecular complexity index is 2480. The first-order valence-corrected chi connectivity index (χ1v) is 23.1. The van der Waals surface area contributed by atoms with Crippen LogP contribution in [0.15, 0.2) is 41.9 Å². The third kappa shape index (κ3) is 10.6. The molecular formula is C48H61FN8O7S. The number of hydrogen-bond acceptors (Lipinski definition) is 12. The number of thiazole rings is 1. The summed E-state index contributed by atoms with van der Waals surface area (Å²) in [5.74, 6) is 3.24. The van der Waals surface area contributed by atoms with Crippen LogP contribution >= 0.6 is 11.3 Å². The molecule has 6 heterocycles. The zero-order valence-corrected chi connectivity index (χ0v) is 39.6. The van der Waals surface area contributed by atoms with E-state index in [0.717, 1.165) is 39.0 Å². The van der Waals surface area contributed by atoms with Gasteiger partial charge in [0.2, 0.25) is 6.17 Å². The molecule has 2 N–H and O–H groups in total. The lowest BCUT2D eigenvalue weighted by Crippen LogP contribution is -2.61. The minimum absolute atomic E-state index is 0.0268. The van der Waals surface area contributed by atoms with E-state index in [1.807, 2.05) is 57.3 Å². The van der Waals surface area contributed by atoms with Crippen LogP contribution in [-0.2, 0) is 52.8 Å². The Labute approximate surface area is 384 Å². The van der Waals surface area contributed by atoms with Gasteiger partial charge in [0, 0.05) is 78.7 Å². The lowest BCUT2D eigenvalue weighted by atomic mass is 9.84. The van der Waals surface area contributed by atoms with Crippen LogP contribution in [0.1, 0.15) is 76.8 Å². The number of esters is 1. The van der Waals surface area contributed by atoms with Crippen molar-refractivity contribution in [3.63, 3.8) is 0 Å². The van der Waals surface area contributed by atoms with Crippen LogP contribution in [0.5, 0.6) is 0 Å². The Morgan fingerprint density at radius 1 is 1.20 bits per heavy atom. The number of nitrogens with one attached hydrogen (secondary N) is 2. The van der Waals surface area contributed by atoms with Crippen molar-refractivity contribution in [3.8, 4) is 34.4 Å². The number of carbonyl (C=O) groups excluding carboxylic acids is 4. The van der Waals surface area contributed by atoms with Gasteiger partial charge >= 0.3 is 5.97 Å². The van der Waals surface area contributed by atoms with Crippen LogP contribution in [0.3, 0.4) is 0 Å². The summed E-state index contributed by atoms with van der Waals surface area (Å²) in [4.78, 5) is 67.2. The summed E-state index contributed by atoms with van der Waals surface area (Å²) >= 11 is 1.34. The Hall–Kier alpha value is -5.25. The standard InChI is InChI=1S/C48H61FN8O7S/c1-10-56-39-16-15-30-21-33(39)34(43(56)32-13-11-19-50-42(32)29(2)62-9)23-47(3,4)28-64-46(61)36-14-12-20-57(53-36)45(60)37(22-40-51-38(30)27-65-40)52-44(59)35(49)26-63-31-24-55(25-31)41(58)17-18-48(5,6)54(7)8/h11,13,15-16,19,21,27,29,31,35-37,53H,10,12,14,20,22-26,28H2,1-9H3,(H,52,59)/t29-,35+,36?,37-/m0/s1. The van der Waals surface area contributed by atoms with E-state index in [9.17, 15) is 19.2 Å². The van der Waals surface area contributed by atoms with Crippen LogP contribution in [-0.4, -0.2) is 137 Å². The van der Waals surface area contributed by atoms with Crippen molar-refractivity contribution in [3.05, 3.63) is 58.2 Å². The predicted molar refractivity (Wildman–Crippen MR) is 246 cm³/mol.